The zero-order chi connectivity index (χ0) is 14.3. The highest BCUT2D eigenvalue weighted by molar-refractivity contribution is 9.10. The molecule has 19 heavy (non-hydrogen) atoms. The summed E-state index contributed by atoms with van der Waals surface area (Å²) in [6.45, 7) is 5.00. The lowest BCUT2D eigenvalue weighted by Crippen LogP contribution is -2.34. The van der Waals surface area contributed by atoms with Crippen LogP contribution in [0.25, 0.3) is 0 Å². The van der Waals surface area contributed by atoms with Crippen molar-refractivity contribution >= 4 is 33.4 Å². The van der Waals surface area contributed by atoms with E-state index in [0.717, 1.165) is 22.9 Å². The minimum Gasteiger partial charge on any atom is -0.355 e. The molecular weight excluding hydrogens is 326 g/mol. The van der Waals surface area contributed by atoms with Crippen LogP contribution in [0, 0.1) is 5.41 Å². The molecule has 1 aromatic carbocycles. The zero-order valence-electron chi connectivity index (χ0n) is 11.5. The number of nitrogens with one attached hydrogen (secondary N) is 1. The van der Waals surface area contributed by atoms with E-state index < -0.39 is 0 Å². The Labute approximate surface area is 129 Å². The Bertz CT molecular complexity index is 403. The van der Waals surface area contributed by atoms with Gasteiger partial charge >= 0.3 is 0 Å². The molecule has 0 aromatic heterocycles. The molecule has 0 spiro atoms. The monoisotopic (exact) mass is 345 g/mol. The molecule has 106 valence electrons. The fraction of sp³-hybridized carbons (Fsp3) is 0.533. The van der Waals surface area contributed by atoms with Gasteiger partial charge < -0.3 is 5.32 Å². The molecular formula is C15H21BrClNO. The lowest BCUT2D eigenvalue weighted by molar-refractivity contribution is -0.120. The van der Waals surface area contributed by atoms with Gasteiger partial charge in [0.2, 0.25) is 5.91 Å². The average molecular weight is 347 g/mol. The quantitative estimate of drug-likeness (QED) is 0.738. The van der Waals surface area contributed by atoms with Gasteiger partial charge in [-0.2, -0.15) is 0 Å². The van der Waals surface area contributed by atoms with Crippen LogP contribution in [-0.4, -0.2) is 18.3 Å². The third-order valence-electron chi connectivity index (χ3n) is 3.03. The Hall–Kier alpha value is -0.540. The van der Waals surface area contributed by atoms with E-state index in [-0.39, 0.29) is 11.3 Å². The number of rotatable bonds is 7. The number of hydrogen-bond acceptors (Lipinski definition) is 1. The van der Waals surface area contributed by atoms with Crippen LogP contribution >= 0.6 is 27.5 Å². The molecule has 1 amide bonds. The van der Waals surface area contributed by atoms with Crippen LogP contribution < -0.4 is 5.32 Å². The first-order valence-electron chi connectivity index (χ1n) is 6.50. The van der Waals surface area contributed by atoms with Crippen molar-refractivity contribution in [3.8, 4) is 0 Å². The fourth-order valence-corrected chi connectivity index (χ4v) is 2.22. The van der Waals surface area contributed by atoms with Crippen LogP contribution in [0.5, 0.6) is 0 Å². The van der Waals surface area contributed by atoms with Gasteiger partial charge in [0.1, 0.15) is 0 Å². The van der Waals surface area contributed by atoms with Crippen molar-refractivity contribution in [2.75, 3.05) is 12.4 Å². The topological polar surface area (TPSA) is 29.1 Å². The second-order valence-corrected chi connectivity index (χ2v) is 6.83. The second kappa shape index (κ2) is 7.91. The van der Waals surface area contributed by atoms with E-state index in [9.17, 15) is 4.79 Å². The van der Waals surface area contributed by atoms with Crippen LogP contribution in [-0.2, 0) is 11.2 Å². The number of benzene rings is 1. The SMILES string of the molecule is CC(C)(CCCCl)CNC(=O)Cc1ccc(Br)cc1. The van der Waals surface area contributed by atoms with Crippen molar-refractivity contribution in [2.45, 2.75) is 33.1 Å². The normalized spacial score (nSPS) is 11.4. The van der Waals surface area contributed by atoms with Crippen LogP contribution in [0.15, 0.2) is 28.7 Å². The first-order chi connectivity index (χ1) is 8.93. The third kappa shape index (κ3) is 6.98. The first kappa shape index (κ1) is 16.5. The van der Waals surface area contributed by atoms with Crippen molar-refractivity contribution in [1.29, 1.82) is 0 Å². The molecule has 1 aromatic rings. The predicted octanol–water partition coefficient (Wildman–Crippen LogP) is 4.15. The maximum Gasteiger partial charge on any atom is 0.224 e. The summed E-state index contributed by atoms with van der Waals surface area (Å²) >= 11 is 9.08. The van der Waals surface area contributed by atoms with E-state index in [2.05, 4.69) is 35.1 Å². The Kier molecular flexibility index (Phi) is 6.87. The van der Waals surface area contributed by atoms with Gasteiger partial charge in [0.05, 0.1) is 6.42 Å². The van der Waals surface area contributed by atoms with Gasteiger partial charge in [0, 0.05) is 16.9 Å². The number of hydrogen-bond donors (Lipinski definition) is 1. The van der Waals surface area contributed by atoms with Crippen LogP contribution in [0.4, 0.5) is 0 Å². The van der Waals surface area contributed by atoms with E-state index in [1.165, 1.54) is 0 Å². The maximum atomic E-state index is 11.9. The molecule has 0 bridgehead atoms. The highest BCUT2D eigenvalue weighted by Gasteiger charge is 2.18. The number of amides is 1. The van der Waals surface area contributed by atoms with Gasteiger partial charge in [-0.3, -0.25) is 4.79 Å². The van der Waals surface area contributed by atoms with E-state index in [1.54, 1.807) is 0 Å². The zero-order valence-corrected chi connectivity index (χ0v) is 13.9. The Balaban J connectivity index is 2.37. The Morgan fingerprint density at radius 2 is 1.95 bits per heavy atom. The van der Waals surface area contributed by atoms with Crippen molar-refractivity contribution in [1.82, 2.24) is 5.32 Å². The van der Waals surface area contributed by atoms with Crippen molar-refractivity contribution in [3.05, 3.63) is 34.3 Å². The van der Waals surface area contributed by atoms with Crippen LogP contribution in [0.2, 0.25) is 0 Å². The smallest absolute Gasteiger partial charge is 0.224 e. The molecule has 0 heterocycles. The number of alkyl halides is 1. The summed E-state index contributed by atoms with van der Waals surface area (Å²) in [6.07, 6.45) is 2.44. The van der Waals surface area contributed by atoms with Gasteiger partial charge in [-0.05, 0) is 36.0 Å². The molecule has 0 radical (unpaired) electrons. The van der Waals surface area contributed by atoms with Gasteiger partial charge in [0.15, 0.2) is 0 Å². The number of halogens is 2. The summed E-state index contributed by atoms with van der Waals surface area (Å²) in [4.78, 5) is 11.9. The molecule has 0 aliphatic heterocycles. The average Bonchev–Trinajstić information content (AvgIpc) is 2.37. The van der Waals surface area contributed by atoms with E-state index in [0.29, 0.717) is 18.8 Å². The Morgan fingerprint density at radius 3 is 2.53 bits per heavy atom. The molecule has 0 saturated heterocycles. The lowest BCUT2D eigenvalue weighted by Gasteiger charge is -2.24. The summed E-state index contributed by atoms with van der Waals surface area (Å²) in [5.41, 5.74) is 1.13. The summed E-state index contributed by atoms with van der Waals surface area (Å²) in [6, 6.07) is 7.82. The minimum atomic E-state index is 0.0706. The fourth-order valence-electron chi connectivity index (χ4n) is 1.82. The van der Waals surface area contributed by atoms with Gasteiger partial charge in [-0.25, -0.2) is 0 Å². The molecule has 0 atom stereocenters. The first-order valence-corrected chi connectivity index (χ1v) is 7.83. The standard InChI is InChI=1S/C15H21BrClNO/c1-15(2,8-3-9-17)11-18-14(19)10-12-4-6-13(16)7-5-12/h4-7H,3,8-11H2,1-2H3,(H,18,19). The second-order valence-electron chi connectivity index (χ2n) is 5.54. The van der Waals surface area contributed by atoms with E-state index in [4.69, 9.17) is 11.6 Å². The summed E-state index contributed by atoms with van der Waals surface area (Å²) < 4.78 is 1.03. The van der Waals surface area contributed by atoms with E-state index in [1.807, 2.05) is 24.3 Å². The Morgan fingerprint density at radius 1 is 1.32 bits per heavy atom. The highest BCUT2D eigenvalue weighted by atomic mass is 79.9. The largest absolute Gasteiger partial charge is 0.355 e. The maximum absolute atomic E-state index is 11.9. The van der Waals surface area contributed by atoms with Gasteiger partial charge in [-0.1, -0.05) is 41.9 Å². The van der Waals surface area contributed by atoms with Crippen molar-refractivity contribution in [3.63, 3.8) is 0 Å². The molecule has 4 heteroatoms. The summed E-state index contributed by atoms with van der Waals surface area (Å²) in [5.74, 6) is 0.747. The van der Waals surface area contributed by atoms with Crippen LogP contribution in [0.1, 0.15) is 32.3 Å². The van der Waals surface area contributed by atoms with Crippen molar-refractivity contribution < 1.29 is 4.79 Å². The molecule has 1 rings (SSSR count). The number of carbonyl (C=O) groups excluding carboxylic acids is 1. The molecule has 0 aliphatic carbocycles. The lowest BCUT2D eigenvalue weighted by atomic mass is 9.88. The van der Waals surface area contributed by atoms with Crippen LogP contribution in [0.3, 0.4) is 0 Å². The third-order valence-corrected chi connectivity index (χ3v) is 3.83. The summed E-state index contributed by atoms with van der Waals surface area (Å²) in [5, 5.41) is 3.00. The molecule has 0 unspecified atom stereocenters. The highest BCUT2D eigenvalue weighted by Crippen LogP contribution is 2.21. The number of carbonyl (C=O) groups is 1. The summed E-state index contributed by atoms with van der Waals surface area (Å²) in [7, 11) is 0. The molecule has 0 saturated carbocycles. The molecule has 0 fully saturated rings. The predicted molar refractivity (Wildman–Crippen MR) is 84.6 cm³/mol. The molecule has 0 aliphatic rings. The van der Waals surface area contributed by atoms with Gasteiger partial charge in [0.25, 0.3) is 0 Å². The minimum absolute atomic E-state index is 0.0706. The van der Waals surface area contributed by atoms with Gasteiger partial charge in [-0.15, -0.1) is 11.6 Å². The molecule has 1 N–H and O–H groups in total. The van der Waals surface area contributed by atoms with E-state index >= 15 is 0 Å². The molecule has 2 nitrogen and oxygen atoms in total. The van der Waals surface area contributed by atoms with Crippen molar-refractivity contribution in [2.24, 2.45) is 5.41 Å².